The highest BCUT2D eigenvalue weighted by Gasteiger charge is 2.32. The van der Waals surface area contributed by atoms with Crippen LogP contribution in [0.4, 0.5) is 21.0 Å². The van der Waals surface area contributed by atoms with E-state index < -0.39 is 12.1 Å². The van der Waals surface area contributed by atoms with Gasteiger partial charge in [-0.15, -0.1) is 0 Å². The van der Waals surface area contributed by atoms with Gasteiger partial charge in [0, 0.05) is 42.5 Å². The van der Waals surface area contributed by atoms with Gasteiger partial charge in [-0.25, -0.2) is 9.59 Å². The molecule has 0 aromatic heterocycles. The van der Waals surface area contributed by atoms with Crippen molar-refractivity contribution < 1.29 is 29.0 Å². The van der Waals surface area contributed by atoms with Gasteiger partial charge in [-0.05, 0) is 62.2 Å². The fraction of sp³-hybridized carbons (Fsp3) is 0.531. The summed E-state index contributed by atoms with van der Waals surface area (Å²) in [7, 11) is 3.28. The number of hydrogen-bond donors (Lipinski definition) is 4. The zero-order chi connectivity index (χ0) is 30.9. The van der Waals surface area contributed by atoms with Crippen LogP contribution in [-0.2, 0) is 11.2 Å². The molecule has 1 heterocycles. The Bertz CT molecular complexity index is 1250. The largest absolute Gasteiger partial charge is 0.497 e. The quantitative estimate of drug-likeness (QED) is 0.356. The van der Waals surface area contributed by atoms with Crippen LogP contribution in [0.5, 0.6) is 11.5 Å². The van der Waals surface area contributed by atoms with Crippen LogP contribution in [0.3, 0.4) is 0 Å². The summed E-state index contributed by atoms with van der Waals surface area (Å²) in [6.45, 7) is 4.20. The van der Waals surface area contributed by atoms with Gasteiger partial charge in [0.25, 0.3) is 0 Å². The molecule has 43 heavy (non-hydrogen) atoms. The van der Waals surface area contributed by atoms with Crippen molar-refractivity contribution >= 4 is 29.3 Å². The summed E-state index contributed by atoms with van der Waals surface area (Å²) >= 11 is 0. The number of methoxy groups -OCH3 is 1. The molecular formula is C32H45N5O6. The van der Waals surface area contributed by atoms with E-state index in [1.807, 2.05) is 6.92 Å². The molecule has 0 spiro atoms. The summed E-state index contributed by atoms with van der Waals surface area (Å²) in [6, 6.07) is 11.6. The van der Waals surface area contributed by atoms with Crippen LogP contribution in [0.1, 0.15) is 51.5 Å². The molecule has 1 saturated carbocycles. The van der Waals surface area contributed by atoms with Gasteiger partial charge in [0.05, 0.1) is 32.7 Å². The van der Waals surface area contributed by atoms with Crippen LogP contribution >= 0.6 is 0 Å². The van der Waals surface area contributed by atoms with E-state index in [9.17, 15) is 19.5 Å². The lowest BCUT2D eigenvalue weighted by molar-refractivity contribution is -0.134. The summed E-state index contributed by atoms with van der Waals surface area (Å²) in [5.74, 6) is 0.899. The van der Waals surface area contributed by atoms with Gasteiger partial charge in [0.1, 0.15) is 17.6 Å². The van der Waals surface area contributed by atoms with Crippen molar-refractivity contribution in [2.75, 3.05) is 44.5 Å². The minimum absolute atomic E-state index is 0.0483. The molecule has 234 valence electrons. The van der Waals surface area contributed by atoms with Crippen LogP contribution in [-0.4, -0.2) is 84.9 Å². The molecule has 0 saturated heterocycles. The number of anilines is 2. The molecule has 4 rings (SSSR count). The second-order valence-corrected chi connectivity index (χ2v) is 11.7. The Hall–Kier alpha value is -3.99. The second kappa shape index (κ2) is 15.0. The van der Waals surface area contributed by atoms with Crippen molar-refractivity contribution in [1.82, 2.24) is 15.1 Å². The smallest absolute Gasteiger partial charge is 0.321 e. The number of urea groups is 2. The predicted octanol–water partition coefficient (Wildman–Crippen LogP) is 4.46. The highest BCUT2D eigenvalue weighted by molar-refractivity contribution is 5.90. The van der Waals surface area contributed by atoms with Gasteiger partial charge in [-0.2, -0.15) is 0 Å². The van der Waals surface area contributed by atoms with Gasteiger partial charge >= 0.3 is 12.1 Å². The van der Waals surface area contributed by atoms with Crippen LogP contribution in [0.25, 0.3) is 0 Å². The van der Waals surface area contributed by atoms with Crippen LogP contribution in [0, 0.1) is 5.92 Å². The van der Waals surface area contributed by atoms with E-state index in [1.165, 1.54) is 6.42 Å². The van der Waals surface area contributed by atoms with E-state index in [2.05, 4.69) is 16.0 Å². The maximum absolute atomic E-state index is 13.5. The number of amides is 5. The molecule has 1 aliphatic heterocycles. The Labute approximate surface area is 253 Å². The first-order valence-electron chi connectivity index (χ1n) is 15.1. The van der Waals surface area contributed by atoms with E-state index in [1.54, 1.807) is 73.3 Å². The monoisotopic (exact) mass is 595 g/mol. The molecule has 3 atom stereocenters. The zero-order valence-corrected chi connectivity index (χ0v) is 25.6. The minimum Gasteiger partial charge on any atom is -0.497 e. The summed E-state index contributed by atoms with van der Waals surface area (Å²) < 4.78 is 11.7. The normalized spacial score (nSPS) is 19.9. The molecule has 5 amide bonds. The van der Waals surface area contributed by atoms with Crippen molar-refractivity contribution in [1.29, 1.82) is 0 Å². The molecule has 0 radical (unpaired) electrons. The summed E-state index contributed by atoms with van der Waals surface area (Å²) in [5.41, 5.74) is 1.82. The number of fused-ring (bicyclic) bond motifs is 1. The third-order valence-electron chi connectivity index (χ3n) is 8.26. The number of rotatable bonds is 8. The number of hydrogen-bond acceptors (Lipinski definition) is 6. The summed E-state index contributed by atoms with van der Waals surface area (Å²) in [4.78, 5) is 42.5. The fourth-order valence-corrected chi connectivity index (χ4v) is 5.57. The third-order valence-corrected chi connectivity index (χ3v) is 8.26. The van der Waals surface area contributed by atoms with Gasteiger partial charge in [0.2, 0.25) is 5.91 Å². The Morgan fingerprint density at radius 2 is 1.79 bits per heavy atom. The van der Waals surface area contributed by atoms with Crippen LogP contribution in [0.2, 0.25) is 0 Å². The molecule has 11 heteroatoms. The third kappa shape index (κ3) is 8.76. The molecule has 1 fully saturated rings. The number of benzene rings is 2. The number of aliphatic hydroxyl groups excluding tert-OH is 1. The van der Waals surface area contributed by atoms with E-state index >= 15 is 0 Å². The Balaban J connectivity index is 1.52. The molecule has 2 aromatic rings. The fourth-order valence-electron chi connectivity index (χ4n) is 5.57. The van der Waals surface area contributed by atoms with Crippen molar-refractivity contribution in [3.05, 3.63) is 48.0 Å². The number of likely N-dealkylation sites (N-methyl/N-ethyl adjacent to an activating group) is 1. The summed E-state index contributed by atoms with van der Waals surface area (Å²) in [6.07, 6.45) is 4.97. The van der Waals surface area contributed by atoms with Crippen molar-refractivity contribution in [3.8, 4) is 11.5 Å². The van der Waals surface area contributed by atoms with E-state index in [0.717, 1.165) is 25.7 Å². The molecular weight excluding hydrogens is 550 g/mol. The minimum atomic E-state index is -0.460. The zero-order valence-electron chi connectivity index (χ0n) is 25.6. The second-order valence-electron chi connectivity index (χ2n) is 11.7. The van der Waals surface area contributed by atoms with Crippen LogP contribution < -0.4 is 25.4 Å². The lowest BCUT2D eigenvalue weighted by Gasteiger charge is -2.34. The highest BCUT2D eigenvalue weighted by Crippen LogP contribution is 2.29. The number of ether oxygens (including phenoxy) is 2. The van der Waals surface area contributed by atoms with Crippen molar-refractivity contribution in [3.63, 3.8) is 0 Å². The number of carbonyl (C=O) groups excluding carboxylic acids is 3. The first-order chi connectivity index (χ1) is 20.7. The van der Waals surface area contributed by atoms with Gasteiger partial charge in [0.15, 0.2) is 0 Å². The number of carbonyl (C=O) groups is 3. The number of nitrogens with one attached hydrogen (secondary N) is 3. The molecule has 0 unspecified atom stereocenters. The topological polar surface area (TPSA) is 132 Å². The molecule has 2 aromatic carbocycles. The molecule has 0 bridgehead atoms. The first-order valence-corrected chi connectivity index (χ1v) is 15.1. The molecule has 11 nitrogen and oxygen atoms in total. The first kappa shape index (κ1) is 31.9. The maximum atomic E-state index is 13.5. The number of aliphatic hydroxyl groups is 1. The molecule has 4 N–H and O–H groups in total. The number of nitrogens with zero attached hydrogens (tertiary/aromatic N) is 2. The lowest BCUT2D eigenvalue weighted by atomic mass is 9.96. The van der Waals surface area contributed by atoms with Crippen molar-refractivity contribution in [2.45, 2.75) is 70.6 Å². The Morgan fingerprint density at radius 3 is 2.47 bits per heavy atom. The van der Waals surface area contributed by atoms with E-state index in [0.29, 0.717) is 35.0 Å². The maximum Gasteiger partial charge on any atom is 0.321 e. The SMILES string of the molecule is COc1ccc(NC(=O)N(C)C[C@@H]2Oc3ccc(NC(=O)NC4CCCCC4)cc3CC(=O)N([C@H](C)CO)C[C@H]2C)cc1. The van der Waals surface area contributed by atoms with Gasteiger partial charge in [-0.3, -0.25) is 4.79 Å². The highest BCUT2D eigenvalue weighted by atomic mass is 16.5. The lowest BCUT2D eigenvalue weighted by Crippen LogP contribution is -2.48. The van der Waals surface area contributed by atoms with Gasteiger partial charge < -0.3 is 40.3 Å². The van der Waals surface area contributed by atoms with E-state index in [4.69, 9.17) is 9.47 Å². The average Bonchev–Trinajstić information content (AvgIpc) is 3.04. The summed E-state index contributed by atoms with van der Waals surface area (Å²) in [5, 5.41) is 18.8. The van der Waals surface area contributed by atoms with Crippen LogP contribution in [0.15, 0.2) is 42.5 Å². The average molecular weight is 596 g/mol. The van der Waals surface area contributed by atoms with Crippen molar-refractivity contribution in [2.24, 2.45) is 5.92 Å². The standard InChI is InChI=1S/C32H45N5O6/c1-21-18-37(22(2)20-38)30(39)17-23-16-26(34-31(40)33-24-8-6-5-7-9-24)12-15-28(23)43-29(21)19-36(3)32(41)35-25-10-13-27(42-4)14-11-25/h10-16,21-22,24,29,38H,5-9,17-20H2,1-4H3,(H,35,41)(H2,33,34,40)/t21-,22-,29+/m1/s1. The molecule has 1 aliphatic carbocycles. The van der Waals surface area contributed by atoms with Gasteiger partial charge in [-0.1, -0.05) is 26.2 Å². The molecule has 2 aliphatic rings. The Kier molecular flexibility index (Phi) is 11.1. The Morgan fingerprint density at radius 1 is 1.09 bits per heavy atom. The van der Waals surface area contributed by atoms with E-state index in [-0.39, 0.29) is 49.5 Å². The predicted molar refractivity (Wildman–Crippen MR) is 166 cm³/mol.